The fourth-order valence-electron chi connectivity index (χ4n) is 4.60. The molecule has 2 aliphatic rings. The molecule has 2 aromatic carbocycles. The third-order valence-corrected chi connectivity index (χ3v) is 7.03. The van der Waals surface area contributed by atoms with Gasteiger partial charge in [-0.25, -0.2) is 0 Å². The first kappa shape index (κ1) is 22.7. The van der Waals surface area contributed by atoms with E-state index in [1.54, 1.807) is 36.4 Å². The molecule has 0 bridgehead atoms. The lowest BCUT2D eigenvalue weighted by molar-refractivity contribution is -0.139. The Hall–Kier alpha value is -2.53. The maximum absolute atomic E-state index is 12.7. The Morgan fingerprint density at radius 3 is 2.47 bits per heavy atom. The SMILES string of the molecule is CC1(C)CCC(CC(=O)c2ccc(Oc3cc4c(cc3Cl)C(C(=O)O)CCO4)cc2)CC1. The lowest BCUT2D eigenvalue weighted by Crippen LogP contribution is -2.22. The quantitative estimate of drug-likeness (QED) is 0.480. The molecule has 0 spiro atoms. The van der Waals surface area contributed by atoms with Crippen LogP contribution in [0.15, 0.2) is 36.4 Å². The summed E-state index contributed by atoms with van der Waals surface area (Å²) in [7, 11) is 0. The molecule has 1 atom stereocenters. The topological polar surface area (TPSA) is 72.8 Å². The molecular weight excluding hydrogens is 428 g/mol. The lowest BCUT2D eigenvalue weighted by Gasteiger charge is -2.34. The van der Waals surface area contributed by atoms with Crippen LogP contribution < -0.4 is 9.47 Å². The third kappa shape index (κ3) is 5.09. The van der Waals surface area contributed by atoms with E-state index < -0.39 is 11.9 Å². The van der Waals surface area contributed by atoms with Gasteiger partial charge in [-0.15, -0.1) is 0 Å². The van der Waals surface area contributed by atoms with Gasteiger partial charge in [-0.05, 0) is 73.8 Å². The molecule has 1 N–H and O–H groups in total. The van der Waals surface area contributed by atoms with Gasteiger partial charge in [-0.1, -0.05) is 25.4 Å². The summed E-state index contributed by atoms with van der Waals surface area (Å²) in [6, 6.07) is 10.3. The monoisotopic (exact) mass is 456 g/mol. The fraction of sp³-hybridized carbons (Fsp3) is 0.462. The molecular formula is C26H29ClO5. The molecule has 32 heavy (non-hydrogen) atoms. The van der Waals surface area contributed by atoms with Crippen LogP contribution in [0.3, 0.4) is 0 Å². The summed E-state index contributed by atoms with van der Waals surface area (Å²) in [5.41, 5.74) is 1.65. The summed E-state index contributed by atoms with van der Waals surface area (Å²) in [6.07, 6.45) is 5.58. The first-order valence-electron chi connectivity index (χ1n) is 11.2. The minimum Gasteiger partial charge on any atom is -0.493 e. The van der Waals surface area contributed by atoms with Crippen LogP contribution in [0.4, 0.5) is 0 Å². The molecule has 1 heterocycles. The number of carbonyl (C=O) groups excluding carboxylic acids is 1. The predicted octanol–water partition coefficient (Wildman–Crippen LogP) is 6.87. The maximum Gasteiger partial charge on any atom is 0.311 e. The molecule has 1 unspecified atom stereocenters. The molecule has 0 aromatic heterocycles. The van der Waals surface area contributed by atoms with Crippen molar-refractivity contribution in [1.29, 1.82) is 0 Å². The Morgan fingerprint density at radius 2 is 1.81 bits per heavy atom. The molecule has 5 nitrogen and oxygen atoms in total. The van der Waals surface area contributed by atoms with Gasteiger partial charge in [-0.3, -0.25) is 9.59 Å². The molecule has 170 valence electrons. The summed E-state index contributed by atoms with van der Waals surface area (Å²) >= 11 is 6.36. The second-order valence-electron chi connectivity index (χ2n) is 9.71. The minimum atomic E-state index is -0.892. The minimum absolute atomic E-state index is 0.168. The van der Waals surface area contributed by atoms with Crippen molar-refractivity contribution in [2.75, 3.05) is 6.61 Å². The number of rotatable bonds is 6. The highest BCUT2D eigenvalue weighted by molar-refractivity contribution is 6.32. The highest BCUT2D eigenvalue weighted by atomic mass is 35.5. The van der Waals surface area contributed by atoms with Gasteiger partial charge in [0.25, 0.3) is 0 Å². The van der Waals surface area contributed by atoms with Crippen LogP contribution in [-0.2, 0) is 4.79 Å². The van der Waals surface area contributed by atoms with E-state index in [4.69, 9.17) is 21.1 Å². The van der Waals surface area contributed by atoms with Gasteiger partial charge in [0.15, 0.2) is 5.78 Å². The van der Waals surface area contributed by atoms with E-state index in [0.29, 0.717) is 64.2 Å². The first-order chi connectivity index (χ1) is 15.2. The fourth-order valence-corrected chi connectivity index (χ4v) is 4.81. The number of ketones is 1. The summed E-state index contributed by atoms with van der Waals surface area (Å²) in [5.74, 6) is 0.526. The van der Waals surface area contributed by atoms with Gasteiger partial charge >= 0.3 is 5.97 Å². The molecule has 0 amide bonds. The highest BCUT2D eigenvalue weighted by Crippen LogP contribution is 2.42. The summed E-state index contributed by atoms with van der Waals surface area (Å²) in [4.78, 5) is 24.2. The van der Waals surface area contributed by atoms with Gasteiger partial charge in [0.1, 0.15) is 17.2 Å². The lowest BCUT2D eigenvalue weighted by atomic mass is 9.72. The Balaban J connectivity index is 1.42. The van der Waals surface area contributed by atoms with Crippen LogP contribution in [0, 0.1) is 11.3 Å². The molecule has 1 aliphatic carbocycles. The third-order valence-electron chi connectivity index (χ3n) is 6.74. The number of Topliss-reactive ketones (excluding diaryl/α,β-unsaturated/α-hetero) is 1. The number of carboxylic acid groups (broad SMARTS) is 1. The van der Waals surface area contributed by atoms with Crippen molar-refractivity contribution in [2.45, 2.75) is 58.3 Å². The Labute approximate surface area is 193 Å². The zero-order chi connectivity index (χ0) is 22.9. The van der Waals surface area contributed by atoms with E-state index in [1.807, 2.05) is 0 Å². The summed E-state index contributed by atoms with van der Waals surface area (Å²) < 4.78 is 11.5. The Bertz CT molecular complexity index is 1000. The molecule has 2 aromatic rings. The number of carboxylic acids is 1. The molecule has 1 fully saturated rings. The van der Waals surface area contributed by atoms with Crippen LogP contribution >= 0.6 is 11.6 Å². The second kappa shape index (κ2) is 9.14. The Kier molecular flexibility index (Phi) is 6.47. The van der Waals surface area contributed by atoms with E-state index in [0.717, 1.165) is 12.8 Å². The number of halogens is 1. The van der Waals surface area contributed by atoms with Gasteiger partial charge < -0.3 is 14.6 Å². The highest BCUT2D eigenvalue weighted by Gasteiger charge is 2.30. The summed E-state index contributed by atoms with van der Waals surface area (Å²) in [5, 5.41) is 9.74. The van der Waals surface area contributed by atoms with Crippen molar-refractivity contribution in [1.82, 2.24) is 0 Å². The molecule has 1 aliphatic heterocycles. The van der Waals surface area contributed by atoms with E-state index in [9.17, 15) is 14.7 Å². The standard InChI is InChI=1S/C26H29ClO5/c1-26(2)10-7-16(8-11-26)13-22(28)17-3-5-18(6-4-17)32-24-15-23-20(14-21(24)27)19(25(29)30)9-12-31-23/h3-6,14-16,19H,7-13H2,1-2H3,(H,29,30). The molecule has 0 radical (unpaired) electrons. The number of benzene rings is 2. The van der Waals surface area contributed by atoms with Crippen LogP contribution in [0.1, 0.15) is 74.2 Å². The van der Waals surface area contributed by atoms with Crippen LogP contribution in [0.2, 0.25) is 5.02 Å². The maximum atomic E-state index is 12.7. The van der Waals surface area contributed by atoms with E-state index in [2.05, 4.69) is 13.8 Å². The summed E-state index contributed by atoms with van der Waals surface area (Å²) in [6.45, 7) is 4.94. The normalized spacial score (nSPS) is 20.2. The molecule has 6 heteroatoms. The van der Waals surface area contributed by atoms with Crippen molar-refractivity contribution in [2.24, 2.45) is 11.3 Å². The Morgan fingerprint density at radius 1 is 1.12 bits per heavy atom. The van der Waals surface area contributed by atoms with Crippen molar-refractivity contribution in [3.05, 3.63) is 52.5 Å². The number of carbonyl (C=O) groups is 2. The van der Waals surface area contributed by atoms with Crippen molar-refractivity contribution >= 4 is 23.4 Å². The second-order valence-corrected chi connectivity index (χ2v) is 10.1. The van der Waals surface area contributed by atoms with Crippen LogP contribution in [-0.4, -0.2) is 23.5 Å². The largest absolute Gasteiger partial charge is 0.493 e. The predicted molar refractivity (Wildman–Crippen MR) is 123 cm³/mol. The van der Waals surface area contributed by atoms with E-state index in [-0.39, 0.29) is 5.78 Å². The average Bonchev–Trinajstić information content (AvgIpc) is 2.75. The van der Waals surface area contributed by atoms with Gasteiger partial charge in [0.2, 0.25) is 0 Å². The molecule has 0 saturated heterocycles. The van der Waals surface area contributed by atoms with Gasteiger partial charge in [0.05, 0.1) is 17.5 Å². The zero-order valence-corrected chi connectivity index (χ0v) is 19.3. The number of ether oxygens (including phenoxy) is 2. The number of hydrogen-bond donors (Lipinski definition) is 1. The molecule has 4 rings (SSSR count). The van der Waals surface area contributed by atoms with Crippen LogP contribution in [0.5, 0.6) is 17.2 Å². The average molecular weight is 457 g/mol. The molecule has 1 saturated carbocycles. The number of hydrogen-bond acceptors (Lipinski definition) is 4. The van der Waals surface area contributed by atoms with Crippen molar-refractivity contribution in [3.63, 3.8) is 0 Å². The van der Waals surface area contributed by atoms with E-state index >= 15 is 0 Å². The number of aliphatic carboxylic acids is 1. The van der Waals surface area contributed by atoms with E-state index in [1.165, 1.54) is 12.8 Å². The zero-order valence-electron chi connectivity index (χ0n) is 18.5. The number of fused-ring (bicyclic) bond motifs is 1. The smallest absolute Gasteiger partial charge is 0.311 e. The first-order valence-corrected chi connectivity index (χ1v) is 11.6. The van der Waals surface area contributed by atoms with Gasteiger partial charge in [0, 0.05) is 23.6 Å². The van der Waals surface area contributed by atoms with Crippen molar-refractivity contribution in [3.8, 4) is 17.2 Å². The van der Waals surface area contributed by atoms with Crippen LogP contribution in [0.25, 0.3) is 0 Å². The van der Waals surface area contributed by atoms with Crippen molar-refractivity contribution < 1.29 is 24.2 Å². The van der Waals surface area contributed by atoms with Gasteiger partial charge in [-0.2, -0.15) is 0 Å².